The number of aliphatic hydroxyl groups excluding tert-OH is 1. The van der Waals surface area contributed by atoms with Crippen molar-refractivity contribution < 1.29 is 19.4 Å². The lowest BCUT2D eigenvalue weighted by molar-refractivity contribution is -0.137. The van der Waals surface area contributed by atoms with Gasteiger partial charge >= 0.3 is 5.97 Å². The van der Waals surface area contributed by atoms with E-state index in [-0.39, 0.29) is 30.7 Å². The van der Waals surface area contributed by atoms with Crippen LogP contribution in [0.3, 0.4) is 0 Å². The summed E-state index contributed by atoms with van der Waals surface area (Å²) < 4.78 is 13.7. The highest BCUT2D eigenvalue weighted by Gasteiger charge is 2.35. The molecule has 17 heavy (non-hydrogen) atoms. The van der Waals surface area contributed by atoms with Gasteiger partial charge < -0.3 is 10.2 Å². The number of halogens is 1. The number of hydrogen-bond acceptors (Lipinski definition) is 2. The zero-order valence-electron chi connectivity index (χ0n) is 9.40. The molecule has 0 saturated heterocycles. The number of aliphatic hydroxyl groups is 1. The first-order valence-electron chi connectivity index (χ1n) is 5.72. The van der Waals surface area contributed by atoms with Crippen molar-refractivity contribution in [3.8, 4) is 0 Å². The van der Waals surface area contributed by atoms with Crippen molar-refractivity contribution in [1.29, 1.82) is 0 Å². The highest BCUT2D eigenvalue weighted by atomic mass is 19.1. The number of carboxylic acids is 1. The molecule has 1 fully saturated rings. The van der Waals surface area contributed by atoms with Gasteiger partial charge in [0.15, 0.2) is 0 Å². The number of carbonyl (C=O) groups is 1. The fraction of sp³-hybridized carbons (Fsp3) is 0.462. The van der Waals surface area contributed by atoms with Gasteiger partial charge in [0.2, 0.25) is 0 Å². The van der Waals surface area contributed by atoms with E-state index in [0.717, 1.165) is 12.8 Å². The Morgan fingerprint density at radius 3 is 2.71 bits per heavy atom. The zero-order valence-corrected chi connectivity index (χ0v) is 9.40. The van der Waals surface area contributed by atoms with Crippen LogP contribution in [0.25, 0.3) is 0 Å². The average molecular weight is 238 g/mol. The van der Waals surface area contributed by atoms with E-state index in [1.807, 2.05) is 0 Å². The Morgan fingerprint density at radius 2 is 2.18 bits per heavy atom. The molecule has 0 spiro atoms. The molecule has 1 saturated carbocycles. The topological polar surface area (TPSA) is 57.5 Å². The first-order valence-corrected chi connectivity index (χ1v) is 5.72. The van der Waals surface area contributed by atoms with E-state index in [0.29, 0.717) is 11.1 Å². The molecule has 0 heterocycles. The summed E-state index contributed by atoms with van der Waals surface area (Å²) in [6.45, 7) is -0.155. The van der Waals surface area contributed by atoms with Gasteiger partial charge in [-0.25, -0.2) is 4.39 Å². The van der Waals surface area contributed by atoms with Crippen LogP contribution in [0.4, 0.5) is 4.39 Å². The third-order valence-electron chi connectivity index (χ3n) is 3.23. The largest absolute Gasteiger partial charge is 0.481 e. The van der Waals surface area contributed by atoms with Gasteiger partial charge in [-0.15, -0.1) is 0 Å². The van der Waals surface area contributed by atoms with Gasteiger partial charge in [0.1, 0.15) is 5.82 Å². The average Bonchev–Trinajstić information content (AvgIpc) is 3.10. The molecule has 1 aliphatic rings. The van der Waals surface area contributed by atoms with E-state index in [1.54, 1.807) is 6.07 Å². The second-order valence-electron chi connectivity index (χ2n) is 4.56. The number of hydrogen-bond donors (Lipinski definition) is 2. The van der Waals surface area contributed by atoms with Gasteiger partial charge in [-0.05, 0) is 36.0 Å². The van der Waals surface area contributed by atoms with Crippen LogP contribution in [0.2, 0.25) is 0 Å². The molecule has 4 heteroatoms. The second-order valence-corrected chi connectivity index (χ2v) is 4.56. The summed E-state index contributed by atoms with van der Waals surface area (Å²) in [6, 6.07) is 4.41. The van der Waals surface area contributed by atoms with Crippen LogP contribution in [0, 0.1) is 11.7 Å². The normalized spacial score (nSPS) is 16.8. The summed E-state index contributed by atoms with van der Waals surface area (Å²) in [6.07, 6.45) is 1.87. The quantitative estimate of drug-likeness (QED) is 0.827. The van der Waals surface area contributed by atoms with Gasteiger partial charge in [-0.2, -0.15) is 0 Å². The molecule has 92 valence electrons. The Balaban J connectivity index is 2.30. The number of benzene rings is 1. The van der Waals surface area contributed by atoms with Crippen molar-refractivity contribution in [2.75, 3.05) is 0 Å². The van der Waals surface area contributed by atoms with Gasteiger partial charge in [-0.1, -0.05) is 12.1 Å². The third-order valence-corrected chi connectivity index (χ3v) is 3.23. The number of aliphatic carboxylic acids is 1. The molecule has 1 aromatic rings. The van der Waals surface area contributed by atoms with Gasteiger partial charge in [-0.3, -0.25) is 4.79 Å². The first-order chi connectivity index (χ1) is 8.11. The van der Waals surface area contributed by atoms with E-state index < -0.39 is 5.97 Å². The number of rotatable bonds is 5. The molecule has 1 aliphatic carbocycles. The molecule has 1 atom stereocenters. The molecular formula is C13H15FO3. The minimum absolute atomic E-state index is 0.0452. The Morgan fingerprint density at radius 1 is 1.47 bits per heavy atom. The SMILES string of the molecule is O=C(O)CC(c1cc(CO)ccc1F)C1CC1. The van der Waals surface area contributed by atoms with Crippen LogP contribution in [0.5, 0.6) is 0 Å². The number of carboxylic acid groups (broad SMARTS) is 1. The zero-order chi connectivity index (χ0) is 12.4. The molecule has 1 aromatic carbocycles. The van der Waals surface area contributed by atoms with Crippen molar-refractivity contribution in [2.24, 2.45) is 5.92 Å². The van der Waals surface area contributed by atoms with Crippen molar-refractivity contribution in [3.05, 3.63) is 35.1 Å². The minimum Gasteiger partial charge on any atom is -0.481 e. The maximum absolute atomic E-state index is 13.7. The molecule has 3 nitrogen and oxygen atoms in total. The van der Waals surface area contributed by atoms with Crippen LogP contribution in [0.15, 0.2) is 18.2 Å². The summed E-state index contributed by atoms with van der Waals surface area (Å²) in [7, 11) is 0. The third kappa shape index (κ3) is 2.82. The van der Waals surface area contributed by atoms with Crippen molar-refractivity contribution in [2.45, 2.75) is 31.8 Å². The first kappa shape index (κ1) is 12.0. The van der Waals surface area contributed by atoms with Crippen LogP contribution in [-0.2, 0) is 11.4 Å². The van der Waals surface area contributed by atoms with Gasteiger partial charge in [0.25, 0.3) is 0 Å². The van der Waals surface area contributed by atoms with E-state index in [2.05, 4.69) is 0 Å². The van der Waals surface area contributed by atoms with Crippen LogP contribution < -0.4 is 0 Å². The Kier molecular flexibility index (Phi) is 3.43. The standard InChI is InChI=1S/C13H15FO3/c14-12-4-1-8(7-15)5-11(12)10(6-13(16)17)9-2-3-9/h1,4-5,9-10,15H,2-3,6-7H2,(H,16,17). The Bertz CT molecular complexity index is 427. The molecule has 0 bridgehead atoms. The molecule has 2 N–H and O–H groups in total. The highest BCUT2D eigenvalue weighted by Crippen LogP contribution is 2.45. The van der Waals surface area contributed by atoms with Crippen molar-refractivity contribution in [3.63, 3.8) is 0 Å². The lowest BCUT2D eigenvalue weighted by Gasteiger charge is -2.16. The predicted molar refractivity (Wildman–Crippen MR) is 60.0 cm³/mol. The lowest BCUT2D eigenvalue weighted by Crippen LogP contribution is -2.10. The molecule has 1 unspecified atom stereocenters. The Labute approximate surface area is 98.9 Å². The molecule has 2 rings (SSSR count). The predicted octanol–water partition coefficient (Wildman–Crippen LogP) is 2.29. The molecule has 0 amide bonds. The van der Waals surface area contributed by atoms with Crippen LogP contribution >= 0.6 is 0 Å². The summed E-state index contributed by atoms with van der Waals surface area (Å²) in [5.74, 6) is -1.27. The summed E-state index contributed by atoms with van der Waals surface area (Å²) in [4.78, 5) is 10.8. The van der Waals surface area contributed by atoms with E-state index in [9.17, 15) is 9.18 Å². The molecule has 0 aromatic heterocycles. The van der Waals surface area contributed by atoms with Crippen LogP contribution in [-0.4, -0.2) is 16.2 Å². The maximum atomic E-state index is 13.7. The summed E-state index contributed by atoms with van der Waals surface area (Å²) in [5.41, 5.74) is 1.05. The van der Waals surface area contributed by atoms with Crippen molar-refractivity contribution >= 4 is 5.97 Å². The van der Waals surface area contributed by atoms with E-state index >= 15 is 0 Å². The fourth-order valence-corrected chi connectivity index (χ4v) is 2.19. The second kappa shape index (κ2) is 4.84. The molecule has 0 radical (unpaired) electrons. The Hall–Kier alpha value is -1.42. The van der Waals surface area contributed by atoms with Gasteiger partial charge in [0, 0.05) is 5.92 Å². The molecule has 0 aliphatic heterocycles. The van der Waals surface area contributed by atoms with Gasteiger partial charge in [0.05, 0.1) is 13.0 Å². The van der Waals surface area contributed by atoms with Crippen LogP contribution in [0.1, 0.15) is 36.3 Å². The molecular weight excluding hydrogens is 223 g/mol. The van der Waals surface area contributed by atoms with Crippen molar-refractivity contribution in [1.82, 2.24) is 0 Å². The highest BCUT2D eigenvalue weighted by molar-refractivity contribution is 5.68. The summed E-state index contributed by atoms with van der Waals surface area (Å²) >= 11 is 0. The maximum Gasteiger partial charge on any atom is 0.303 e. The van der Waals surface area contributed by atoms with E-state index in [4.69, 9.17) is 10.2 Å². The monoisotopic (exact) mass is 238 g/mol. The summed E-state index contributed by atoms with van der Waals surface area (Å²) in [5, 5.41) is 17.9. The van der Waals surface area contributed by atoms with E-state index in [1.165, 1.54) is 12.1 Å². The smallest absolute Gasteiger partial charge is 0.303 e. The fourth-order valence-electron chi connectivity index (χ4n) is 2.19. The lowest BCUT2D eigenvalue weighted by atomic mass is 9.89. The minimum atomic E-state index is -0.907.